The summed E-state index contributed by atoms with van der Waals surface area (Å²) in [6, 6.07) is 3.72. The summed E-state index contributed by atoms with van der Waals surface area (Å²) in [6.45, 7) is 1.83. The molecule has 0 spiro atoms. The van der Waals surface area contributed by atoms with Crippen molar-refractivity contribution in [1.82, 2.24) is 15.1 Å². The molecule has 1 fully saturated rings. The number of H-pyrrole nitrogens is 1. The molecule has 6 nitrogen and oxygen atoms in total. The Kier molecular flexibility index (Phi) is 2.57. The fraction of sp³-hybridized carbons (Fsp3) is 0.267. The molecule has 1 aliphatic rings. The predicted molar refractivity (Wildman–Crippen MR) is 77.3 cm³/mol. The van der Waals surface area contributed by atoms with E-state index in [0.717, 1.165) is 24.1 Å². The molecule has 2 N–H and O–H groups in total. The lowest BCUT2D eigenvalue weighted by atomic mass is 10.2. The summed E-state index contributed by atoms with van der Waals surface area (Å²) in [6.07, 6.45) is 5.53. The molecule has 0 aromatic carbocycles. The van der Waals surface area contributed by atoms with E-state index in [4.69, 9.17) is 4.52 Å². The van der Waals surface area contributed by atoms with Crippen molar-refractivity contribution in [3.63, 3.8) is 0 Å². The minimum atomic E-state index is -0.201. The van der Waals surface area contributed by atoms with Crippen LogP contribution in [0.15, 0.2) is 29.0 Å². The van der Waals surface area contributed by atoms with Crippen LogP contribution in [0.3, 0.4) is 0 Å². The van der Waals surface area contributed by atoms with Crippen LogP contribution < -0.4 is 5.32 Å². The number of hydrogen-bond donors (Lipinski definition) is 2. The first-order valence-electron chi connectivity index (χ1n) is 6.93. The summed E-state index contributed by atoms with van der Waals surface area (Å²) in [5, 5.41) is 6.88. The number of nitrogens with one attached hydrogen (secondary N) is 2. The fourth-order valence-corrected chi connectivity index (χ4v) is 2.47. The van der Waals surface area contributed by atoms with E-state index in [-0.39, 0.29) is 5.91 Å². The maximum Gasteiger partial charge on any atom is 0.259 e. The van der Waals surface area contributed by atoms with Gasteiger partial charge in [-0.15, -0.1) is 0 Å². The predicted octanol–water partition coefficient (Wildman–Crippen LogP) is 2.99. The van der Waals surface area contributed by atoms with Crippen LogP contribution in [0.1, 0.15) is 40.6 Å². The van der Waals surface area contributed by atoms with Crippen LogP contribution in [0.25, 0.3) is 11.0 Å². The smallest absolute Gasteiger partial charge is 0.259 e. The first-order valence-corrected chi connectivity index (χ1v) is 6.93. The van der Waals surface area contributed by atoms with Crippen LogP contribution in [-0.4, -0.2) is 21.0 Å². The number of carbonyl (C=O) groups is 1. The van der Waals surface area contributed by atoms with Crippen LogP contribution in [0.4, 0.5) is 5.69 Å². The Bertz CT molecular complexity index is 829. The molecule has 1 aliphatic carbocycles. The fourth-order valence-electron chi connectivity index (χ4n) is 2.47. The largest absolute Gasteiger partial charge is 0.359 e. The number of aryl methyl sites for hydroxylation is 1. The zero-order valence-electron chi connectivity index (χ0n) is 11.5. The molecule has 3 heterocycles. The summed E-state index contributed by atoms with van der Waals surface area (Å²) in [5.41, 5.74) is 3.43. The standard InChI is InChI=1S/C15H14N4O2/c1-8-12(14(21-19-8)9-4-5-9)18-15(20)10-7-17-11-3-2-6-16-13(10)11/h2-3,6-7,9,17H,4-5H2,1H3,(H,18,20). The lowest BCUT2D eigenvalue weighted by Crippen LogP contribution is -2.13. The van der Waals surface area contributed by atoms with E-state index >= 15 is 0 Å². The van der Waals surface area contributed by atoms with Gasteiger partial charge < -0.3 is 14.8 Å². The molecule has 3 aromatic rings. The minimum absolute atomic E-state index is 0.201. The Labute approximate surface area is 120 Å². The highest BCUT2D eigenvalue weighted by Gasteiger charge is 2.32. The molecule has 1 amide bonds. The normalized spacial score (nSPS) is 14.5. The molecule has 0 aliphatic heterocycles. The number of amides is 1. The third-order valence-electron chi connectivity index (χ3n) is 3.76. The van der Waals surface area contributed by atoms with E-state index in [2.05, 4.69) is 20.4 Å². The second-order valence-corrected chi connectivity index (χ2v) is 5.34. The topological polar surface area (TPSA) is 83.8 Å². The van der Waals surface area contributed by atoms with Gasteiger partial charge in [-0.05, 0) is 31.9 Å². The molecular formula is C15H14N4O2. The molecular weight excluding hydrogens is 268 g/mol. The zero-order valence-corrected chi connectivity index (χ0v) is 11.5. The van der Waals surface area contributed by atoms with Gasteiger partial charge in [-0.3, -0.25) is 9.78 Å². The summed E-state index contributed by atoms with van der Waals surface area (Å²) in [7, 11) is 0. The molecule has 106 valence electrons. The van der Waals surface area contributed by atoms with Gasteiger partial charge in [0.25, 0.3) is 5.91 Å². The molecule has 3 aromatic heterocycles. The van der Waals surface area contributed by atoms with Gasteiger partial charge in [0.15, 0.2) is 5.76 Å². The van der Waals surface area contributed by atoms with Crippen LogP contribution >= 0.6 is 0 Å². The van der Waals surface area contributed by atoms with Crippen LogP contribution in [0.2, 0.25) is 0 Å². The number of hydrogen-bond acceptors (Lipinski definition) is 4. The third kappa shape index (κ3) is 1.99. The number of nitrogens with zero attached hydrogens (tertiary/aromatic N) is 2. The Morgan fingerprint density at radius 1 is 1.48 bits per heavy atom. The van der Waals surface area contributed by atoms with Crippen molar-refractivity contribution >= 4 is 22.6 Å². The van der Waals surface area contributed by atoms with Crippen molar-refractivity contribution in [3.8, 4) is 0 Å². The first-order chi connectivity index (χ1) is 10.2. The molecule has 1 saturated carbocycles. The molecule has 0 atom stereocenters. The van der Waals surface area contributed by atoms with Crippen molar-refractivity contribution in [2.75, 3.05) is 5.32 Å². The highest BCUT2D eigenvalue weighted by Crippen LogP contribution is 2.44. The second kappa shape index (κ2) is 4.44. The van der Waals surface area contributed by atoms with Crippen molar-refractivity contribution in [2.24, 2.45) is 0 Å². The average molecular weight is 282 g/mol. The number of aromatic nitrogens is 3. The number of fused-ring (bicyclic) bond motifs is 1. The molecule has 0 radical (unpaired) electrons. The van der Waals surface area contributed by atoms with Gasteiger partial charge in [-0.25, -0.2) is 0 Å². The van der Waals surface area contributed by atoms with Crippen molar-refractivity contribution in [1.29, 1.82) is 0 Å². The second-order valence-electron chi connectivity index (χ2n) is 5.34. The maximum absolute atomic E-state index is 12.5. The first kappa shape index (κ1) is 12.1. The number of pyridine rings is 1. The van der Waals surface area contributed by atoms with Gasteiger partial charge in [0, 0.05) is 18.3 Å². The Morgan fingerprint density at radius 3 is 3.14 bits per heavy atom. The number of rotatable bonds is 3. The summed E-state index contributed by atoms with van der Waals surface area (Å²) < 4.78 is 5.34. The Balaban J connectivity index is 1.68. The zero-order chi connectivity index (χ0) is 14.4. The summed E-state index contributed by atoms with van der Waals surface area (Å²) in [4.78, 5) is 19.8. The maximum atomic E-state index is 12.5. The number of anilines is 1. The Morgan fingerprint density at radius 2 is 2.33 bits per heavy atom. The lowest BCUT2D eigenvalue weighted by Gasteiger charge is -2.04. The van der Waals surface area contributed by atoms with Gasteiger partial charge in [-0.2, -0.15) is 0 Å². The van der Waals surface area contributed by atoms with E-state index in [1.165, 1.54) is 0 Å². The van der Waals surface area contributed by atoms with Gasteiger partial charge in [0.05, 0.1) is 11.1 Å². The third-order valence-corrected chi connectivity index (χ3v) is 3.76. The van der Waals surface area contributed by atoms with Gasteiger partial charge in [0.1, 0.15) is 16.9 Å². The van der Waals surface area contributed by atoms with Gasteiger partial charge in [-0.1, -0.05) is 5.16 Å². The van der Waals surface area contributed by atoms with E-state index in [0.29, 0.717) is 28.4 Å². The molecule has 0 bridgehead atoms. The molecule has 21 heavy (non-hydrogen) atoms. The lowest BCUT2D eigenvalue weighted by molar-refractivity contribution is 0.102. The van der Waals surface area contributed by atoms with Crippen molar-refractivity contribution < 1.29 is 9.32 Å². The van der Waals surface area contributed by atoms with E-state index < -0.39 is 0 Å². The highest BCUT2D eigenvalue weighted by molar-refractivity contribution is 6.12. The van der Waals surface area contributed by atoms with E-state index in [1.807, 2.05) is 19.1 Å². The number of aromatic amines is 1. The van der Waals surface area contributed by atoms with Crippen LogP contribution in [0, 0.1) is 6.92 Å². The van der Waals surface area contributed by atoms with Gasteiger partial charge in [0.2, 0.25) is 0 Å². The molecule has 0 unspecified atom stereocenters. The monoisotopic (exact) mass is 282 g/mol. The molecule has 0 saturated heterocycles. The molecule has 4 rings (SSSR count). The minimum Gasteiger partial charge on any atom is -0.359 e. The van der Waals surface area contributed by atoms with E-state index in [9.17, 15) is 4.79 Å². The average Bonchev–Trinajstić information content (AvgIpc) is 3.14. The van der Waals surface area contributed by atoms with Crippen molar-refractivity contribution in [3.05, 3.63) is 41.5 Å². The summed E-state index contributed by atoms with van der Waals surface area (Å²) in [5.74, 6) is 0.976. The quantitative estimate of drug-likeness (QED) is 0.773. The number of carbonyl (C=O) groups excluding carboxylic acids is 1. The SMILES string of the molecule is Cc1noc(C2CC2)c1NC(=O)c1c[nH]c2cccnc12. The van der Waals surface area contributed by atoms with Crippen LogP contribution in [-0.2, 0) is 0 Å². The van der Waals surface area contributed by atoms with Crippen molar-refractivity contribution in [2.45, 2.75) is 25.7 Å². The van der Waals surface area contributed by atoms with Crippen LogP contribution in [0.5, 0.6) is 0 Å². The molecule has 6 heteroatoms. The summed E-state index contributed by atoms with van der Waals surface area (Å²) >= 11 is 0. The van der Waals surface area contributed by atoms with E-state index in [1.54, 1.807) is 12.4 Å². The Hall–Kier alpha value is -2.63. The van der Waals surface area contributed by atoms with Gasteiger partial charge >= 0.3 is 0 Å². The highest BCUT2D eigenvalue weighted by atomic mass is 16.5.